The van der Waals surface area contributed by atoms with Crippen molar-refractivity contribution >= 4 is 0 Å². The maximum Gasteiger partial charge on any atom is 0.173 e. The van der Waals surface area contributed by atoms with Gasteiger partial charge in [0.15, 0.2) is 12.6 Å². The molecule has 1 heterocycles. The van der Waals surface area contributed by atoms with E-state index in [-0.39, 0.29) is 29.5 Å². The number of ether oxygens (including phenoxy) is 2. The van der Waals surface area contributed by atoms with Crippen LogP contribution in [0.5, 0.6) is 0 Å². The molecule has 2 bridgehead atoms. The Hall–Kier alpha value is -0.460. The SMILES string of the molecule is C=C(C)C(C)(C(O)OC1C2CC3C1OC(O)C3(N)C2)C1(C)CC1. The standard InChI is InChI=1S/C18H29NO4/c1-9(2)17(4,16(3)5-6-16)14(20)22-12-10-7-11-13(12)23-15(21)18(11,19)8-10/h10-15,20-21H,1,5-8,19H2,2-4H3. The van der Waals surface area contributed by atoms with Gasteiger partial charge in [0, 0.05) is 11.3 Å². The van der Waals surface area contributed by atoms with Crippen molar-refractivity contribution in [3.05, 3.63) is 12.2 Å². The minimum atomic E-state index is -0.915. The van der Waals surface area contributed by atoms with Gasteiger partial charge in [0.2, 0.25) is 0 Å². The third-order valence-electron chi connectivity index (χ3n) is 7.71. The van der Waals surface area contributed by atoms with E-state index in [0.717, 1.165) is 24.8 Å². The zero-order chi connectivity index (χ0) is 16.8. The average molecular weight is 323 g/mol. The van der Waals surface area contributed by atoms with Gasteiger partial charge >= 0.3 is 0 Å². The Labute approximate surface area is 137 Å². The zero-order valence-electron chi connectivity index (χ0n) is 14.3. The number of hydrogen-bond donors (Lipinski definition) is 3. The lowest BCUT2D eigenvalue weighted by molar-refractivity contribution is -0.232. The van der Waals surface area contributed by atoms with Gasteiger partial charge in [0.1, 0.15) is 0 Å². The molecule has 5 nitrogen and oxygen atoms in total. The van der Waals surface area contributed by atoms with Crippen LogP contribution < -0.4 is 5.73 Å². The molecule has 0 aromatic carbocycles. The Morgan fingerprint density at radius 3 is 2.70 bits per heavy atom. The highest BCUT2D eigenvalue weighted by atomic mass is 16.7. The molecule has 0 amide bonds. The van der Waals surface area contributed by atoms with Crippen LogP contribution in [0.15, 0.2) is 12.2 Å². The van der Waals surface area contributed by atoms with Crippen molar-refractivity contribution < 1.29 is 19.7 Å². The largest absolute Gasteiger partial charge is 0.367 e. The normalized spacial score (nSPS) is 49.9. The summed E-state index contributed by atoms with van der Waals surface area (Å²) < 4.78 is 11.9. The van der Waals surface area contributed by atoms with E-state index in [1.807, 2.05) is 6.92 Å². The van der Waals surface area contributed by atoms with Crippen molar-refractivity contribution in [1.29, 1.82) is 0 Å². The van der Waals surface area contributed by atoms with Crippen molar-refractivity contribution in [1.82, 2.24) is 0 Å². The van der Waals surface area contributed by atoms with E-state index in [1.54, 1.807) is 0 Å². The number of rotatable bonds is 5. The lowest BCUT2D eigenvalue weighted by atomic mass is 9.69. The van der Waals surface area contributed by atoms with Crippen molar-refractivity contribution in [3.63, 3.8) is 0 Å². The first-order chi connectivity index (χ1) is 10.6. The van der Waals surface area contributed by atoms with Crippen LogP contribution in [0, 0.1) is 22.7 Å². The van der Waals surface area contributed by atoms with E-state index in [9.17, 15) is 10.2 Å². The average Bonchev–Trinajstić information content (AvgIpc) is 2.95. The molecular weight excluding hydrogens is 294 g/mol. The maximum absolute atomic E-state index is 10.9. The van der Waals surface area contributed by atoms with Gasteiger partial charge in [-0.05, 0) is 43.9 Å². The highest BCUT2D eigenvalue weighted by Crippen LogP contribution is 2.64. The van der Waals surface area contributed by atoms with Gasteiger partial charge in [-0.15, -0.1) is 0 Å². The molecule has 3 aliphatic carbocycles. The van der Waals surface area contributed by atoms with Gasteiger partial charge in [-0.2, -0.15) is 0 Å². The lowest BCUT2D eigenvalue weighted by Crippen LogP contribution is -2.54. The third kappa shape index (κ3) is 1.86. The van der Waals surface area contributed by atoms with E-state index in [0.29, 0.717) is 6.42 Å². The Bertz CT molecular complexity index is 547. The van der Waals surface area contributed by atoms with Crippen LogP contribution in [0.2, 0.25) is 0 Å². The topological polar surface area (TPSA) is 84.9 Å². The number of nitrogens with two attached hydrogens (primary N) is 1. The summed E-state index contributed by atoms with van der Waals surface area (Å²) in [5.74, 6) is 0.385. The van der Waals surface area contributed by atoms with E-state index in [1.165, 1.54) is 0 Å². The maximum atomic E-state index is 10.9. The minimum Gasteiger partial charge on any atom is -0.367 e. The smallest absolute Gasteiger partial charge is 0.173 e. The molecule has 23 heavy (non-hydrogen) atoms. The minimum absolute atomic E-state index is 0.0452. The fourth-order valence-corrected chi connectivity index (χ4v) is 5.36. The summed E-state index contributed by atoms with van der Waals surface area (Å²) in [7, 11) is 0. The Morgan fingerprint density at radius 1 is 1.48 bits per heavy atom. The summed E-state index contributed by atoms with van der Waals surface area (Å²) >= 11 is 0. The van der Waals surface area contributed by atoms with Gasteiger partial charge < -0.3 is 25.4 Å². The van der Waals surface area contributed by atoms with E-state index in [4.69, 9.17) is 15.2 Å². The quantitative estimate of drug-likeness (QED) is 0.528. The first-order valence-electron chi connectivity index (χ1n) is 8.75. The fraction of sp³-hybridized carbons (Fsp3) is 0.889. The van der Waals surface area contributed by atoms with Crippen LogP contribution in [0.3, 0.4) is 0 Å². The molecular formula is C18H29NO4. The van der Waals surface area contributed by atoms with Crippen LogP contribution in [-0.2, 0) is 9.47 Å². The molecule has 0 radical (unpaired) electrons. The van der Waals surface area contributed by atoms with Crippen molar-refractivity contribution in [2.24, 2.45) is 28.4 Å². The predicted molar refractivity (Wildman–Crippen MR) is 85.2 cm³/mol. The highest BCUT2D eigenvalue weighted by Gasteiger charge is 2.69. The molecule has 4 aliphatic rings. The number of aliphatic hydroxyl groups is 2. The first-order valence-corrected chi connectivity index (χ1v) is 8.75. The molecule has 8 atom stereocenters. The van der Waals surface area contributed by atoms with Gasteiger partial charge in [-0.25, -0.2) is 0 Å². The van der Waals surface area contributed by atoms with Crippen LogP contribution >= 0.6 is 0 Å². The molecule has 5 heteroatoms. The van der Waals surface area contributed by atoms with Gasteiger partial charge in [-0.1, -0.05) is 26.0 Å². The number of hydrogen-bond acceptors (Lipinski definition) is 5. The van der Waals surface area contributed by atoms with Crippen LogP contribution in [0.4, 0.5) is 0 Å². The summed E-state index contributed by atoms with van der Waals surface area (Å²) in [4.78, 5) is 0. The molecule has 1 aliphatic heterocycles. The van der Waals surface area contributed by atoms with Crippen molar-refractivity contribution in [3.8, 4) is 0 Å². The Balaban J connectivity index is 1.54. The molecule has 0 aromatic rings. The molecule has 4 N–H and O–H groups in total. The molecule has 1 saturated heterocycles. The fourth-order valence-electron chi connectivity index (χ4n) is 5.36. The molecule has 130 valence electrons. The summed E-state index contributed by atoms with van der Waals surface area (Å²) in [5, 5.41) is 21.0. The number of aliphatic hydroxyl groups excluding tert-OH is 2. The Morgan fingerprint density at radius 2 is 2.13 bits per heavy atom. The van der Waals surface area contributed by atoms with E-state index < -0.39 is 23.5 Å². The zero-order valence-corrected chi connectivity index (χ0v) is 14.3. The van der Waals surface area contributed by atoms with Crippen LogP contribution in [0.25, 0.3) is 0 Å². The second-order valence-electron chi connectivity index (χ2n) is 8.87. The van der Waals surface area contributed by atoms with Gasteiger partial charge in [0.05, 0.1) is 17.7 Å². The molecule has 4 rings (SSSR count). The molecule has 4 fully saturated rings. The van der Waals surface area contributed by atoms with Crippen molar-refractivity contribution in [2.75, 3.05) is 0 Å². The summed E-state index contributed by atoms with van der Waals surface area (Å²) in [6.07, 6.45) is 1.56. The summed E-state index contributed by atoms with van der Waals surface area (Å²) in [6.45, 7) is 10.3. The Kier molecular flexibility index (Phi) is 3.19. The summed E-state index contributed by atoms with van der Waals surface area (Å²) in [6, 6.07) is 0. The second-order valence-corrected chi connectivity index (χ2v) is 8.87. The predicted octanol–water partition coefficient (Wildman–Crippen LogP) is 1.53. The molecule has 0 aromatic heterocycles. The first kappa shape index (κ1) is 16.0. The van der Waals surface area contributed by atoms with Crippen LogP contribution in [0.1, 0.15) is 46.5 Å². The third-order valence-corrected chi connectivity index (χ3v) is 7.71. The monoisotopic (exact) mass is 323 g/mol. The van der Waals surface area contributed by atoms with Gasteiger partial charge in [0.25, 0.3) is 0 Å². The van der Waals surface area contributed by atoms with Crippen molar-refractivity contribution in [2.45, 2.75) is 76.8 Å². The highest BCUT2D eigenvalue weighted by molar-refractivity contribution is 5.21. The molecule has 0 spiro atoms. The lowest BCUT2D eigenvalue weighted by Gasteiger charge is -2.43. The molecule has 8 unspecified atom stereocenters. The van der Waals surface area contributed by atoms with Gasteiger partial charge in [-0.3, -0.25) is 0 Å². The summed E-state index contributed by atoms with van der Waals surface area (Å²) in [5.41, 5.74) is 6.23. The van der Waals surface area contributed by atoms with E-state index in [2.05, 4.69) is 20.4 Å². The molecule has 3 saturated carbocycles. The number of fused-ring (bicyclic) bond motifs is 1. The van der Waals surface area contributed by atoms with Crippen LogP contribution in [-0.4, -0.2) is 40.5 Å². The second kappa shape index (κ2) is 4.58. The van der Waals surface area contributed by atoms with E-state index >= 15 is 0 Å².